The van der Waals surface area contributed by atoms with Crippen molar-refractivity contribution in [1.82, 2.24) is 9.97 Å². The molecule has 0 saturated heterocycles. The number of hydrogen-bond acceptors (Lipinski definition) is 5. The SMILES string of the molecule is CSc1ncc(CN)c(NC2CC3CCC2C3)n1. The van der Waals surface area contributed by atoms with E-state index in [0.29, 0.717) is 12.6 Å². The number of hydrogen-bond donors (Lipinski definition) is 2. The summed E-state index contributed by atoms with van der Waals surface area (Å²) in [5.41, 5.74) is 6.79. The highest BCUT2D eigenvalue weighted by atomic mass is 32.2. The molecule has 3 atom stereocenters. The first-order valence-corrected chi connectivity index (χ1v) is 7.89. The van der Waals surface area contributed by atoms with E-state index in [1.54, 1.807) is 11.8 Å². The number of fused-ring (bicyclic) bond motifs is 2. The zero-order valence-electron chi connectivity index (χ0n) is 10.7. The molecule has 0 aliphatic heterocycles. The summed E-state index contributed by atoms with van der Waals surface area (Å²) in [5, 5.41) is 4.44. The van der Waals surface area contributed by atoms with Crippen LogP contribution in [0.3, 0.4) is 0 Å². The first kappa shape index (κ1) is 12.2. The quantitative estimate of drug-likeness (QED) is 0.645. The second-order valence-electron chi connectivity index (χ2n) is 5.36. The maximum absolute atomic E-state index is 5.77. The molecule has 3 N–H and O–H groups in total. The average molecular weight is 264 g/mol. The summed E-state index contributed by atoms with van der Waals surface area (Å²) < 4.78 is 0. The third kappa shape index (κ3) is 2.21. The Bertz CT molecular complexity index is 437. The van der Waals surface area contributed by atoms with Crippen LogP contribution in [0.25, 0.3) is 0 Å². The van der Waals surface area contributed by atoms with Crippen molar-refractivity contribution >= 4 is 17.6 Å². The average Bonchev–Trinajstić information content (AvgIpc) is 3.01. The van der Waals surface area contributed by atoms with Gasteiger partial charge in [0, 0.05) is 24.3 Å². The van der Waals surface area contributed by atoms with E-state index in [4.69, 9.17) is 5.73 Å². The lowest BCUT2D eigenvalue weighted by Crippen LogP contribution is -2.27. The first-order chi connectivity index (χ1) is 8.80. The molecule has 3 rings (SSSR count). The third-order valence-electron chi connectivity index (χ3n) is 4.31. The number of anilines is 1. The Balaban J connectivity index is 1.78. The Morgan fingerprint density at radius 2 is 2.33 bits per heavy atom. The molecule has 98 valence electrons. The van der Waals surface area contributed by atoms with Crippen LogP contribution in [0.5, 0.6) is 0 Å². The second-order valence-corrected chi connectivity index (χ2v) is 6.13. The van der Waals surface area contributed by atoms with E-state index in [1.165, 1.54) is 25.7 Å². The molecule has 0 amide bonds. The molecule has 0 spiro atoms. The Morgan fingerprint density at radius 1 is 1.44 bits per heavy atom. The van der Waals surface area contributed by atoms with E-state index in [2.05, 4.69) is 15.3 Å². The van der Waals surface area contributed by atoms with Crippen molar-refractivity contribution in [2.24, 2.45) is 17.6 Å². The van der Waals surface area contributed by atoms with Gasteiger partial charge in [0.25, 0.3) is 0 Å². The van der Waals surface area contributed by atoms with Gasteiger partial charge in [-0.25, -0.2) is 9.97 Å². The van der Waals surface area contributed by atoms with Gasteiger partial charge in [0.1, 0.15) is 5.82 Å². The van der Waals surface area contributed by atoms with Crippen molar-refractivity contribution in [3.63, 3.8) is 0 Å². The minimum atomic E-state index is 0.498. The van der Waals surface area contributed by atoms with Crippen molar-refractivity contribution in [2.75, 3.05) is 11.6 Å². The van der Waals surface area contributed by atoms with Gasteiger partial charge in [-0.05, 0) is 37.4 Å². The number of aromatic nitrogens is 2. The summed E-state index contributed by atoms with van der Waals surface area (Å²) in [6.45, 7) is 0.498. The predicted octanol–water partition coefficient (Wildman–Crippen LogP) is 2.26. The molecular formula is C13H20N4S. The molecule has 2 aliphatic carbocycles. The number of nitrogens with zero attached hydrogens (tertiary/aromatic N) is 2. The van der Waals surface area contributed by atoms with Crippen LogP contribution < -0.4 is 11.1 Å². The van der Waals surface area contributed by atoms with Crippen LogP contribution in [0.4, 0.5) is 5.82 Å². The Hall–Kier alpha value is -0.810. The van der Waals surface area contributed by atoms with Crippen LogP contribution in [0, 0.1) is 11.8 Å². The molecule has 0 radical (unpaired) electrons. The Kier molecular flexibility index (Phi) is 3.43. The number of nitrogens with one attached hydrogen (secondary N) is 1. The predicted molar refractivity (Wildman–Crippen MR) is 74.6 cm³/mol. The fourth-order valence-electron chi connectivity index (χ4n) is 3.36. The highest BCUT2D eigenvalue weighted by molar-refractivity contribution is 7.98. The van der Waals surface area contributed by atoms with Gasteiger partial charge in [-0.15, -0.1) is 0 Å². The van der Waals surface area contributed by atoms with Crippen LogP contribution in [0.15, 0.2) is 11.4 Å². The van der Waals surface area contributed by atoms with Crippen LogP contribution in [-0.4, -0.2) is 22.3 Å². The van der Waals surface area contributed by atoms with Crippen molar-refractivity contribution in [3.8, 4) is 0 Å². The molecule has 18 heavy (non-hydrogen) atoms. The van der Waals surface area contributed by atoms with Gasteiger partial charge < -0.3 is 11.1 Å². The third-order valence-corrected chi connectivity index (χ3v) is 4.87. The van der Waals surface area contributed by atoms with Crippen molar-refractivity contribution in [1.29, 1.82) is 0 Å². The van der Waals surface area contributed by atoms with Crippen molar-refractivity contribution < 1.29 is 0 Å². The Morgan fingerprint density at radius 3 is 2.94 bits per heavy atom. The molecule has 2 bridgehead atoms. The van der Waals surface area contributed by atoms with E-state index in [9.17, 15) is 0 Å². The van der Waals surface area contributed by atoms with E-state index >= 15 is 0 Å². The summed E-state index contributed by atoms with van der Waals surface area (Å²) in [4.78, 5) is 8.85. The van der Waals surface area contributed by atoms with Gasteiger partial charge in [0.2, 0.25) is 0 Å². The van der Waals surface area contributed by atoms with Gasteiger partial charge in [-0.3, -0.25) is 0 Å². The molecule has 2 fully saturated rings. The topological polar surface area (TPSA) is 63.8 Å². The zero-order valence-corrected chi connectivity index (χ0v) is 11.5. The summed E-state index contributed by atoms with van der Waals surface area (Å²) in [7, 11) is 0. The van der Waals surface area contributed by atoms with Crippen molar-refractivity contribution in [3.05, 3.63) is 11.8 Å². The van der Waals surface area contributed by atoms with E-state index in [-0.39, 0.29) is 0 Å². The maximum atomic E-state index is 5.77. The maximum Gasteiger partial charge on any atom is 0.189 e. The number of thioether (sulfide) groups is 1. The summed E-state index contributed by atoms with van der Waals surface area (Å²) >= 11 is 1.57. The first-order valence-electron chi connectivity index (χ1n) is 6.66. The lowest BCUT2D eigenvalue weighted by molar-refractivity contribution is 0.438. The standard InChI is InChI=1S/C13H20N4S/c1-18-13-15-7-10(6-14)12(17-13)16-11-5-8-2-3-9(11)4-8/h7-9,11H,2-6,14H2,1H3,(H,15,16,17). The van der Waals surface area contributed by atoms with Crippen LogP contribution in [0.2, 0.25) is 0 Å². The normalized spacial score (nSPS) is 29.8. The molecule has 1 heterocycles. The summed E-state index contributed by atoms with van der Waals surface area (Å²) in [6.07, 6.45) is 9.35. The minimum Gasteiger partial charge on any atom is -0.367 e. The molecular weight excluding hydrogens is 244 g/mol. The lowest BCUT2D eigenvalue weighted by atomic mass is 9.95. The van der Waals surface area contributed by atoms with Gasteiger partial charge in [0.15, 0.2) is 5.16 Å². The van der Waals surface area contributed by atoms with Crippen molar-refractivity contribution in [2.45, 2.75) is 43.4 Å². The Labute approximate surface area is 112 Å². The molecule has 3 unspecified atom stereocenters. The molecule has 1 aromatic rings. The summed E-state index contributed by atoms with van der Waals surface area (Å²) in [6, 6.07) is 0.596. The van der Waals surface area contributed by atoms with Crippen LogP contribution in [-0.2, 0) is 6.54 Å². The van der Waals surface area contributed by atoms with E-state index < -0.39 is 0 Å². The van der Waals surface area contributed by atoms with Gasteiger partial charge in [0.05, 0.1) is 0 Å². The van der Waals surface area contributed by atoms with Gasteiger partial charge in [-0.1, -0.05) is 18.2 Å². The van der Waals surface area contributed by atoms with Gasteiger partial charge in [-0.2, -0.15) is 0 Å². The number of rotatable bonds is 4. The van der Waals surface area contributed by atoms with E-state index in [0.717, 1.165) is 28.4 Å². The smallest absolute Gasteiger partial charge is 0.189 e. The van der Waals surface area contributed by atoms with Crippen LogP contribution in [0.1, 0.15) is 31.2 Å². The monoisotopic (exact) mass is 264 g/mol. The molecule has 0 aromatic carbocycles. The van der Waals surface area contributed by atoms with E-state index in [1.807, 2.05) is 12.5 Å². The fraction of sp³-hybridized carbons (Fsp3) is 0.692. The molecule has 2 aliphatic rings. The summed E-state index contributed by atoms with van der Waals surface area (Å²) in [5.74, 6) is 2.73. The minimum absolute atomic E-state index is 0.498. The molecule has 4 nitrogen and oxygen atoms in total. The second kappa shape index (κ2) is 5.05. The highest BCUT2D eigenvalue weighted by Gasteiger charge is 2.39. The molecule has 2 saturated carbocycles. The highest BCUT2D eigenvalue weighted by Crippen LogP contribution is 2.45. The van der Waals surface area contributed by atoms with Crippen LogP contribution >= 0.6 is 11.8 Å². The van der Waals surface area contributed by atoms with Gasteiger partial charge >= 0.3 is 0 Å². The number of nitrogens with two attached hydrogens (primary N) is 1. The molecule has 5 heteroatoms. The molecule has 1 aromatic heterocycles. The fourth-order valence-corrected chi connectivity index (χ4v) is 3.70. The zero-order chi connectivity index (χ0) is 12.5. The lowest BCUT2D eigenvalue weighted by Gasteiger charge is -2.24. The largest absolute Gasteiger partial charge is 0.367 e.